The Labute approximate surface area is 114 Å². The van der Waals surface area contributed by atoms with Crippen molar-refractivity contribution in [3.05, 3.63) is 17.7 Å². The van der Waals surface area contributed by atoms with Gasteiger partial charge in [-0.1, -0.05) is 11.8 Å². The lowest BCUT2D eigenvalue weighted by atomic mass is 10.2. The molecule has 0 aliphatic rings. The van der Waals surface area contributed by atoms with E-state index in [-0.39, 0.29) is 16.6 Å². The molecule has 7 heteroatoms. The Morgan fingerprint density at radius 2 is 2.05 bits per heavy atom. The van der Waals surface area contributed by atoms with Gasteiger partial charge in [-0.3, -0.25) is 4.79 Å². The highest BCUT2D eigenvalue weighted by atomic mass is 32.2. The zero-order valence-electron chi connectivity index (χ0n) is 11.2. The maximum Gasteiger partial charge on any atom is 0.316 e. The first kappa shape index (κ1) is 15.7. The molecule has 0 aromatic carbocycles. The van der Waals surface area contributed by atoms with Crippen LogP contribution in [-0.2, 0) is 9.53 Å². The number of carbonyl (C=O) groups is 1. The number of anilines is 1. The van der Waals surface area contributed by atoms with Crippen LogP contribution in [0.1, 0.15) is 20.8 Å². The van der Waals surface area contributed by atoms with Crippen molar-refractivity contribution < 1.29 is 18.3 Å². The summed E-state index contributed by atoms with van der Waals surface area (Å²) in [5.74, 6) is -2.20. The average molecular weight is 290 g/mol. The van der Waals surface area contributed by atoms with Crippen LogP contribution in [0.3, 0.4) is 0 Å². The van der Waals surface area contributed by atoms with Crippen molar-refractivity contribution in [3.8, 4) is 0 Å². The maximum atomic E-state index is 13.5. The van der Waals surface area contributed by atoms with Gasteiger partial charge in [-0.05, 0) is 20.8 Å². The lowest BCUT2D eigenvalue weighted by Gasteiger charge is -2.19. The van der Waals surface area contributed by atoms with Gasteiger partial charge in [-0.2, -0.15) is 0 Å². The summed E-state index contributed by atoms with van der Waals surface area (Å²) in [7, 11) is 1.48. The first-order valence-corrected chi connectivity index (χ1v) is 6.60. The molecule has 106 valence electrons. The number of pyridine rings is 1. The molecule has 0 fully saturated rings. The summed E-state index contributed by atoms with van der Waals surface area (Å²) in [6, 6.07) is 0.732. The number of aromatic nitrogens is 1. The smallest absolute Gasteiger partial charge is 0.316 e. The first-order chi connectivity index (χ1) is 8.73. The predicted molar refractivity (Wildman–Crippen MR) is 70.3 cm³/mol. The van der Waals surface area contributed by atoms with E-state index in [4.69, 9.17) is 4.74 Å². The fraction of sp³-hybridized carbons (Fsp3) is 0.500. The summed E-state index contributed by atoms with van der Waals surface area (Å²) < 4.78 is 31.7. The number of halogens is 2. The number of rotatable bonds is 4. The van der Waals surface area contributed by atoms with Crippen LogP contribution >= 0.6 is 11.8 Å². The van der Waals surface area contributed by atoms with E-state index in [1.165, 1.54) is 7.05 Å². The van der Waals surface area contributed by atoms with Crippen molar-refractivity contribution in [2.24, 2.45) is 0 Å². The van der Waals surface area contributed by atoms with Crippen LogP contribution < -0.4 is 5.32 Å². The number of carbonyl (C=O) groups excluding carboxylic acids is 1. The zero-order valence-corrected chi connectivity index (χ0v) is 12.0. The lowest BCUT2D eigenvalue weighted by Crippen LogP contribution is -2.25. The summed E-state index contributed by atoms with van der Waals surface area (Å²) in [5.41, 5.74) is -0.595. The Balaban J connectivity index is 2.70. The van der Waals surface area contributed by atoms with Gasteiger partial charge in [0.2, 0.25) is 0 Å². The van der Waals surface area contributed by atoms with Crippen molar-refractivity contribution in [2.75, 3.05) is 18.1 Å². The van der Waals surface area contributed by atoms with Crippen molar-refractivity contribution in [2.45, 2.75) is 31.4 Å². The summed E-state index contributed by atoms with van der Waals surface area (Å²) in [6.07, 6.45) is 0. The molecule has 0 radical (unpaired) electrons. The third-order valence-electron chi connectivity index (χ3n) is 1.88. The molecule has 0 aliphatic heterocycles. The average Bonchev–Trinajstić information content (AvgIpc) is 2.25. The van der Waals surface area contributed by atoms with Crippen LogP contribution in [0.25, 0.3) is 0 Å². The summed E-state index contributed by atoms with van der Waals surface area (Å²) in [4.78, 5) is 15.2. The van der Waals surface area contributed by atoms with E-state index in [2.05, 4.69) is 10.3 Å². The van der Waals surface area contributed by atoms with E-state index in [1.54, 1.807) is 20.8 Å². The van der Waals surface area contributed by atoms with Crippen molar-refractivity contribution in [3.63, 3.8) is 0 Å². The van der Waals surface area contributed by atoms with Gasteiger partial charge in [0.05, 0.1) is 5.75 Å². The van der Waals surface area contributed by atoms with Crippen LogP contribution in [0.5, 0.6) is 0 Å². The van der Waals surface area contributed by atoms with Crippen LogP contribution in [0.2, 0.25) is 0 Å². The Hall–Kier alpha value is -1.37. The molecule has 0 aliphatic carbocycles. The Morgan fingerprint density at radius 1 is 1.42 bits per heavy atom. The Morgan fingerprint density at radius 3 is 2.58 bits per heavy atom. The topological polar surface area (TPSA) is 51.2 Å². The summed E-state index contributed by atoms with van der Waals surface area (Å²) in [5, 5.41) is 2.46. The molecule has 1 heterocycles. The van der Waals surface area contributed by atoms with Gasteiger partial charge in [-0.15, -0.1) is 0 Å². The largest absolute Gasteiger partial charge is 0.459 e. The Kier molecular flexibility index (Phi) is 5.11. The number of nitrogens with one attached hydrogen (secondary N) is 1. The molecule has 0 unspecified atom stereocenters. The van der Waals surface area contributed by atoms with E-state index in [0.29, 0.717) is 0 Å². The van der Waals surface area contributed by atoms with Crippen molar-refractivity contribution >= 4 is 23.5 Å². The fourth-order valence-corrected chi connectivity index (χ4v) is 1.89. The highest BCUT2D eigenvalue weighted by molar-refractivity contribution is 7.99. The molecule has 0 saturated heterocycles. The predicted octanol–water partition coefficient (Wildman–Crippen LogP) is 2.84. The molecular formula is C12H16F2N2O2S. The number of nitrogens with zero attached hydrogens (tertiary/aromatic N) is 1. The van der Waals surface area contributed by atoms with E-state index in [9.17, 15) is 13.6 Å². The second-order valence-electron chi connectivity index (χ2n) is 4.73. The summed E-state index contributed by atoms with van der Waals surface area (Å²) >= 11 is 0.867. The quantitative estimate of drug-likeness (QED) is 0.682. The minimum absolute atomic E-state index is 0.0448. The van der Waals surface area contributed by atoms with Crippen molar-refractivity contribution in [1.29, 1.82) is 0 Å². The van der Waals surface area contributed by atoms with E-state index in [0.717, 1.165) is 17.8 Å². The van der Waals surface area contributed by atoms with Gasteiger partial charge >= 0.3 is 5.97 Å². The number of esters is 1. The number of ether oxygens (including phenoxy) is 1. The molecule has 1 aromatic rings. The first-order valence-electron chi connectivity index (χ1n) is 5.61. The highest BCUT2D eigenvalue weighted by Gasteiger charge is 2.18. The molecule has 0 bridgehead atoms. The normalized spacial score (nSPS) is 11.3. The molecule has 1 N–H and O–H groups in total. The van der Waals surface area contributed by atoms with Gasteiger partial charge in [0.15, 0.2) is 17.5 Å². The van der Waals surface area contributed by atoms with Gasteiger partial charge in [0, 0.05) is 13.1 Å². The zero-order chi connectivity index (χ0) is 14.6. The lowest BCUT2D eigenvalue weighted by molar-refractivity contribution is -0.151. The van der Waals surface area contributed by atoms with E-state index < -0.39 is 23.2 Å². The second kappa shape index (κ2) is 6.18. The molecule has 1 aromatic heterocycles. The Bertz CT molecular complexity index is 476. The molecule has 0 atom stereocenters. The van der Waals surface area contributed by atoms with Gasteiger partial charge in [0.25, 0.3) is 0 Å². The summed E-state index contributed by atoms with van der Waals surface area (Å²) in [6.45, 7) is 5.22. The number of thioether (sulfide) groups is 1. The second-order valence-corrected chi connectivity index (χ2v) is 5.69. The van der Waals surface area contributed by atoms with Gasteiger partial charge in [-0.25, -0.2) is 13.8 Å². The van der Waals surface area contributed by atoms with Crippen LogP contribution in [0.15, 0.2) is 11.1 Å². The minimum atomic E-state index is -0.801. The molecule has 0 spiro atoms. The standard InChI is InChI=1S/C12H16F2N2O2S/c1-12(2,3)18-9(17)6-19-11-8(14)5-7(13)10(15-4)16-11/h5H,6H2,1-4H3,(H,15,16). The third kappa shape index (κ3) is 5.02. The van der Waals surface area contributed by atoms with Crippen LogP contribution in [0.4, 0.5) is 14.6 Å². The molecule has 0 saturated carbocycles. The number of hydrogen-bond donors (Lipinski definition) is 1. The molecule has 19 heavy (non-hydrogen) atoms. The molecule has 4 nitrogen and oxygen atoms in total. The molecular weight excluding hydrogens is 274 g/mol. The van der Waals surface area contributed by atoms with Crippen LogP contribution in [-0.4, -0.2) is 29.4 Å². The minimum Gasteiger partial charge on any atom is -0.459 e. The maximum absolute atomic E-state index is 13.5. The SMILES string of the molecule is CNc1nc(SCC(=O)OC(C)(C)C)c(F)cc1F. The van der Waals surface area contributed by atoms with Gasteiger partial charge in [0.1, 0.15) is 10.6 Å². The molecule has 1 rings (SSSR count). The van der Waals surface area contributed by atoms with Crippen LogP contribution in [0, 0.1) is 11.6 Å². The highest BCUT2D eigenvalue weighted by Crippen LogP contribution is 2.24. The van der Waals surface area contributed by atoms with Crippen molar-refractivity contribution in [1.82, 2.24) is 4.98 Å². The molecule has 0 amide bonds. The van der Waals surface area contributed by atoms with Gasteiger partial charge < -0.3 is 10.1 Å². The third-order valence-corrected chi connectivity index (χ3v) is 2.82. The fourth-order valence-electron chi connectivity index (χ4n) is 1.22. The van der Waals surface area contributed by atoms with E-state index >= 15 is 0 Å². The van der Waals surface area contributed by atoms with E-state index in [1.807, 2.05) is 0 Å². The number of hydrogen-bond acceptors (Lipinski definition) is 5. The monoisotopic (exact) mass is 290 g/mol.